The summed E-state index contributed by atoms with van der Waals surface area (Å²) < 4.78 is 5.83. The van der Waals surface area contributed by atoms with Crippen molar-refractivity contribution in [3.63, 3.8) is 0 Å². The van der Waals surface area contributed by atoms with Crippen LogP contribution in [-0.2, 0) is 4.79 Å². The SMILES string of the molecule is CCCCCCCC(=O)NC(CP)c1cccc(OCCCCC)c1. The number of rotatable bonds is 14. The average Bonchev–Trinajstić information content (AvgIpc) is 2.63. The molecule has 0 aliphatic rings. The number of carbonyl (C=O) groups excluding carboxylic acids is 1. The Morgan fingerprint density at radius 2 is 1.80 bits per heavy atom. The van der Waals surface area contributed by atoms with Crippen LogP contribution in [0.25, 0.3) is 0 Å². The van der Waals surface area contributed by atoms with Crippen LogP contribution in [0, 0.1) is 0 Å². The monoisotopic (exact) mass is 365 g/mol. The first kappa shape index (κ1) is 22.0. The highest BCUT2D eigenvalue weighted by Crippen LogP contribution is 2.21. The van der Waals surface area contributed by atoms with Gasteiger partial charge in [-0.25, -0.2) is 0 Å². The molecule has 1 rings (SSSR count). The zero-order chi connectivity index (χ0) is 18.3. The van der Waals surface area contributed by atoms with Gasteiger partial charge >= 0.3 is 0 Å². The summed E-state index contributed by atoms with van der Waals surface area (Å²) in [5, 5.41) is 3.16. The minimum Gasteiger partial charge on any atom is -0.494 e. The highest BCUT2D eigenvalue weighted by molar-refractivity contribution is 7.16. The van der Waals surface area contributed by atoms with Gasteiger partial charge in [-0.05, 0) is 36.7 Å². The molecule has 2 atom stereocenters. The lowest BCUT2D eigenvalue weighted by atomic mass is 10.1. The Morgan fingerprint density at radius 1 is 1.08 bits per heavy atom. The Hall–Kier alpha value is -1.08. The zero-order valence-corrected chi connectivity index (χ0v) is 17.2. The first-order chi connectivity index (χ1) is 12.2. The number of hydrogen-bond acceptors (Lipinski definition) is 2. The number of carbonyl (C=O) groups is 1. The van der Waals surface area contributed by atoms with Crippen LogP contribution in [0.3, 0.4) is 0 Å². The van der Waals surface area contributed by atoms with Gasteiger partial charge in [0.1, 0.15) is 5.75 Å². The molecule has 0 aromatic heterocycles. The molecule has 0 aliphatic carbocycles. The fourth-order valence-electron chi connectivity index (χ4n) is 2.80. The van der Waals surface area contributed by atoms with Crippen LogP contribution in [0.4, 0.5) is 0 Å². The van der Waals surface area contributed by atoms with Gasteiger partial charge in [0.05, 0.1) is 12.6 Å². The van der Waals surface area contributed by atoms with E-state index in [0.717, 1.165) is 43.3 Å². The van der Waals surface area contributed by atoms with Crippen molar-refractivity contribution < 1.29 is 9.53 Å². The Kier molecular flexibility index (Phi) is 12.4. The van der Waals surface area contributed by atoms with Crippen LogP contribution in [0.5, 0.6) is 5.75 Å². The normalized spacial score (nSPS) is 12.0. The van der Waals surface area contributed by atoms with E-state index in [0.29, 0.717) is 6.42 Å². The van der Waals surface area contributed by atoms with Crippen molar-refractivity contribution in [3.8, 4) is 5.75 Å². The van der Waals surface area contributed by atoms with Crippen molar-refractivity contribution in [1.29, 1.82) is 0 Å². The molecule has 0 aliphatic heterocycles. The highest BCUT2D eigenvalue weighted by atomic mass is 31.0. The number of amides is 1. The van der Waals surface area contributed by atoms with Gasteiger partial charge in [-0.2, -0.15) is 0 Å². The summed E-state index contributed by atoms with van der Waals surface area (Å²) in [5.41, 5.74) is 1.11. The third-order valence-electron chi connectivity index (χ3n) is 4.36. The van der Waals surface area contributed by atoms with Crippen molar-refractivity contribution in [3.05, 3.63) is 29.8 Å². The topological polar surface area (TPSA) is 38.3 Å². The van der Waals surface area contributed by atoms with Crippen molar-refractivity contribution in [1.82, 2.24) is 5.32 Å². The minimum atomic E-state index is 0.0346. The van der Waals surface area contributed by atoms with Crippen molar-refractivity contribution in [2.24, 2.45) is 0 Å². The first-order valence-electron chi connectivity index (χ1n) is 9.93. The maximum Gasteiger partial charge on any atom is 0.220 e. The quantitative estimate of drug-likeness (QED) is 0.342. The molecule has 0 fully saturated rings. The van der Waals surface area contributed by atoms with Crippen LogP contribution in [-0.4, -0.2) is 18.7 Å². The molecule has 1 N–H and O–H groups in total. The number of ether oxygens (including phenoxy) is 1. The van der Waals surface area contributed by atoms with Gasteiger partial charge in [-0.3, -0.25) is 4.79 Å². The second-order valence-corrected chi connectivity index (χ2v) is 7.12. The fourth-order valence-corrected chi connectivity index (χ4v) is 3.19. The summed E-state index contributed by atoms with van der Waals surface area (Å²) in [4.78, 5) is 12.2. The van der Waals surface area contributed by atoms with Crippen molar-refractivity contribution >= 4 is 15.1 Å². The van der Waals surface area contributed by atoms with E-state index in [9.17, 15) is 4.79 Å². The summed E-state index contributed by atoms with van der Waals surface area (Å²) in [6.07, 6.45) is 10.8. The summed E-state index contributed by atoms with van der Waals surface area (Å²) in [6.45, 7) is 5.15. The third kappa shape index (κ3) is 9.84. The summed E-state index contributed by atoms with van der Waals surface area (Å²) >= 11 is 0. The van der Waals surface area contributed by atoms with Gasteiger partial charge in [-0.1, -0.05) is 64.5 Å². The van der Waals surface area contributed by atoms with E-state index in [4.69, 9.17) is 4.74 Å². The smallest absolute Gasteiger partial charge is 0.220 e. The predicted octanol–water partition coefficient (Wildman–Crippen LogP) is 5.65. The van der Waals surface area contributed by atoms with E-state index in [1.165, 1.54) is 32.1 Å². The largest absolute Gasteiger partial charge is 0.494 e. The molecule has 0 radical (unpaired) electrons. The third-order valence-corrected chi connectivity index (χ3v) is 4.83. The number of benzene rings is 1. The molecule has 1 amide bonds. The Labute approximate surface area is 156 Å². The molecule has 0 saturated carbocycles. The molecule has 4 heteroatoms. The number of hydrogen-bond donors (Lipinski definition) is 1. The van der Waals surface area contributed by atoms with Gasteiger partial charge in [0.2, 0.25) is 5.91 Å². The summed E-state index contributed by atoms with van der Waals surface area (Å²) in [6, 6.07) is 8.16. The number of nitrogens with one attached hydrogen (secondary N) is 1. The van der Waals surface area contributed by atoms with Crippen LogP contribution >= 0.6 is 9.24 Å². The van der Waals surface area contributed by atoms with Gasteiger partial charge in [-0.15, -0.1) is 9.24 Å². The van der Waals surface area contributed by atoms with E-state index in [1.54, 1.807) is 0 Å². The molecule has 2 unspecified atom stereocenters. The van der Waals surface area contributed by atoms with Crippen LogP contribution in [0.1, 0.15) is 83.2 Å². The lowest BCUT2D eigenvalue weighted by molar-refractivity contribution is -0.121. The predicted molar refractivity (Wildman–Crippen MR) is 110 cm³/mol. The summed E-state index contributed by atoms with van der Waals surface area (Å²) in [5.74, 6) is 1.05. The van der Waals surface area contributed by atoms with E-state index < -0.39 is 0 Å². The number of unbranched alkanes of at least 4 members (excludes halogenated alkanes) is 6. The molecule has 142 valence electrons. The molecule has 1 aromatic carbocycles. The van der Waals surface area contributed by atoms with E-state index in [-0.39, 0.29) is 11.9 Å². The van der Waals surface area contributed by atoms with Crippen LogP contribution < -0.4 is 10.1 Å². The fraction of sp³-hybridized carbons (Fsp3) is 0.667. The highest BCUT2D eigenvalue weighted by Gasteiger charge is 2.13. The zero-order valence-electron chi connectivity index (χ0n) is 16.1. The minimum absolute atomic E-state index is 0.0346. The Balaban J connectivity index is 2.45. The van der Waals surface area contributed by atoms with Crippen LogP contribution in [0.15, 0.2) is 24.3 Å². The van der Waals surface area contributed by atoms with Gasteiger partial charge in [0.25, 0.3) is 0 Å². The molecule has 0 heterocycles. The molecule has 1 aromatic rings. The standard InChI is InChI=1S/C21H36NO2P/c1-3-5-7-8-9-14-21(23)22-20(17-25)18-12-11-13-19(16-18)24-15-10-6-4-2/h11-13,16,20H,3-10,14-15,17,25H2,1-2H3,(H,22,23). The van der Waals surface area contributed by atoms with Crippen molar-refractivity contribution in [2.45, 2.75) is 77.7 Å². The van der Waals surface area contributed by atoms with Gasteiger partial charge in [0.15, 0.2) is 0 Å². The molecule has 3 nitrogen and oxygen atoms in total. The average molecular weight is 365 g/mol. The van der Waals surface area contributed by atoms with Gasteiger partial charge < -0.3 is 10.1 Å². The van der Waals surface area contributed by atoms with Crippen molar-refractivity contribution in [2.75, 3.05) is 12.8 Å². The molecule has 25 heavy (non-hydrogen) atoms. The Bertz CT molecular complexity index is 479. The van der Waals surface area contributed by atoms with E-state index >= 15 is 0 Å². The van der Waals surface area contributed by atoms with Gasteiger partial charge in [0, 0.05) is 6.42 Å². The van der Waals surface area contributed by atoms with Crippen LogP contribution in [0.2, 0.25) is 0 Å². The van der Waals surface area contributed by atoms with E-state index in [1.807, 2.05) is 12.1 Å². The second-order valence-electron chi connectivity index (χ2n) is 6.65. The molecular formula is C21H36NO2P. The maximum absolute atomic E-state index is 12.2. The lowest BCUT2D eigenvalue weighted by Gasteiger charge is -2.18. The maximum atomic E-state index is 12.2. The first-order valence-corrected chi connectivity index (χ1v) is 10.7. The second kappa shape index (κ2) is 14.1. The molecular weight excluding hydrogens is 329 g/mol. The van der Waals surface area contributed by atoms with E-state index in [2.05, 4.69) is 40.5 Å². The lowest BCUT2D eigenvalue weighted by Crippen LogP contribution is -2.29. The summed E-state index contributed by atoms with van der Waals surface area (Å²) in [7, 11) is 2.74. The molecule has 0 bridgehead atoms. The Morgan fingerprint density at radius 3 is 2.52 bits per heavy atom. The molecule has 0 saturated heterocycles. The molecule has 0 spiro atoms.